The SMILES string of the molecule is O=C(O)c1ccccc1C(=O)[SH](c1ccccc1)c1ccccc1. The summed E-state index contributed by atoms with van der Waals surface area (Å²) in [6.07, 6.45) is 0. The largest absolute Gasteiger partial charge is 0.478 e. The van der Waals surface area contributed by atoms with Crippen LogP contribution in [0.2, 0.25) is 0 Å². The Hall–Kier alpha value is -2.85. The molecule has 0 bridgehead atoms. The molecule has 0 aromatic heterocycles. The molecule has 0 aliphatic heterocycles. The first kappa shape index (κ1) is 16.0. The van der Waals surface area contributed by atoms with Crippen molar-refractivity contribution in [2.24, 2.45) is 0 Å². The average molecular weight is 336 g/mol. The van der Waals surface area contributed by atoms with Gasteiger partial charge in [-0.3, -0.25) is 4.79 Å². The molecule has 3 aromatic rings. The van der Waals surface area contributed by atoms with Crippen molar-refractivity contribution in [3.8, 4) is 0 Å². The fraction of sp³-hybridized carbons (Fsp3) is 0. The zero-order valence-electron chi connectivity index (χ0n) is 12.8. The molecule has 0 spiro atoms. The third-order valence-electron chi connectivity index (χ3n) is 3.62. The van der Waals surface area contributed by atoms with Gasteiger partial charge in [0.1, 0.15) is 0 Å². The summed E-state index contributed by atoms with van der Waals surface area (Å²) < 4.78 is 0. The van der Waals surface area contributed by atoms with Crippen LogP contribution in [0.15, 0.2) is 94.7 Å². The summed E-state index contributed by atoms with van der Waals surface area (Å²) in [7, 11) is -1.33. The molecule has 3 rings (SSSR count). The lowest BCUT2D eigenvalue weighted by atomic mass is 10.1. The van der Waals surface area contributed by atoms with Crippen LogP contribution >= 0.6 is 10.9 Å². The lowest BCUT2D eigenvalue weighted by Crippen LogP contribution is -2.09. The molecular formula is C20H16O3S. The predicted molar refractivity (Wildman–Crippen MR) is 96.1 cm³/mol. The minimum absolute atomic E-state index is 0.0434. The smallest absolute Gasteiger partial charge is 0.336 e. The Morgan fingerprint density at radius 3 is 1.50 bits per heavy atom. The third kappa shape index (κ3) is 3.24. The summed E-state index contributed by atoms with van der Waals surface area (Å²) in [6.45, 7) is 0. The Morgan fingerprint density at radius 2 is 1.04 bits per heavy atom. The van der Waals surface area contributed by atoms with Gasteiger partial charge in [-0.25, -0.2) is 4.79 Å². The first-order chi connectivity index (χ1) is 11.7. The molecule has 24 heavy (non-hydrogen) atoms. The quantitative estimate of drug-likeness (QED) is 0.682. The first-order valence-corrected chi connectivity index (χ1v) is 8.79. The van der Waals surface area contributed by atoms with E-state index in [1.54, 1.807) is 18.2 Å². The molecule has 0 saturated heterocycles. The van der Waals surface area contributed by atoms with Crippen LogP contribution in [0.25, 0.3) is 0 Å². The molecule has 1 N–H and O–H groups in total. The average Bonchev–Trinajstić information content (AvgIpc) is 2.63. The van der Waals surface area contributed by atoms with Crippen LogP contribution in [0, 0.1) is 0 Å². The lowest BCUT2D eigenvalue weighted by Gasteiger charge is -2.22. The lowest BCUT2D eigenvalue weighted by molar-refractivity contribution is 0.0693. The molecule has 0 atom stereocenters. The van der Waals surface area contributed by atoms with Gasteiger partial charge in [0.2, 0.25) is 5.12 Å². The summed E-state index contributed by atoms with van der Waals surface area (Å²) in [4.78, 5) is 26.5. The van der Waals surface area contributed by atoms with E-state index in [4.69, 9.17) is 0 Å². The Bertz CT molecular complexity index is 821. The second-order valence-corrected chi connectivity index (χ2v) is 7.27. The second-order valence-electron chi connectivity index (χ2n) is 5.16. The number of carbonyl (C=O) groups excluding carboxylic acids is 1. The van der Waals surface area contributed by atoms with Crippen molar-refractivity contribution < 1.29 is 14.7 Å². The predicted octanol–water partition coefficient (Wildman–Crippen LogP) is 4.64. The van der Waals surface area contributed by atoms with Crippen LogP contribution in [0.5, 0.6) is 0 Å². The number of carboxylic acid groups (broad SMARTS) is 1. The number of carboxylic acids is 1. The van der Waals surface area contributed by atoms with E-state index >= 15 is 0 Å². The highest BCUT2D eigenvalue weighted by molar-refractivity contribution is 8.30. The summed E-state index contributed by atoms with van der Waals surface area (Å²) >= 11 is 0. The molecule has 0 fully saturated rings. The van der Waals surface area contributed by atoms with Gasteiger partial charge >= 0.3 is 5.97 Å². The molecule has 0 saturated carbocycles. The number of hydrogen-bond donors (Lipinski definition) is 2. The van der Waals surface area contributed by atoms with Crippen LogP contribution in [0.4, 0.5) is 0 Å². The zero-order chi connectivity index (χ0) is 16.9. The highest BCUT2D eigenvalue weighted by Gasteiger charge is 2.24. The Labute approximate surface area is 142 Å². The molecule has 3 nitrogen and oxygen atoms in total. The van der Waals surface area contributed by atoms with E-state index in [0.29, 0.717) is 0 Å². The van der Waals surface area contributed by atoms with Gasteiger partial charge in [0, 0.05) is 5.56 Å². The standard InChI is InChI=1S/C20H16O3S/c21-19(22)17-13-7-8-14-18(17)20(23)24(15-9-3-1-4-10-15)16-11-5-2-6-12-16/h1-14,24H,(H,21,22). The number of carbonyl (C=O) groups is 2. The van der Waals surface area contributed by atoms with Gasteiger partial charge in [0.15, 0.2) is 0 Å². The fourth-order valence-electron chi connectivity index (χ4n) is 2.51. The minimum Gasteiger partial charge on any atom is -0.478 e. The maximum Gasteiger partial charge on any atom is 0.336 e. The number of aromatic carboxylic acids is 1. The van der Waals surface area contributed by atoms with Crippen molar-refractivity contribution in [3.05, 3.63) is 96.1 Å². The van der Waals surface area contributed by atoms with Gasteiger partial charge in [0.25, 0.3) is 0 Å². The van der Waals surface area contributed by atoms with Crippen LogP contribution in [-0.4, -0.2) is 16.2 Å². The van der Waals surface area contributed by atoms with Crippen molar-refractivity contribution in [2.45, 2.75) is 9.79 Å². The summed E-state index contributed by atoms with van der Waals surface area (Å²) in [5.41, 5.74) is 0.297. The second kappa shape index (κ2) is 7.15. The van der Waals surface area contributed by atoms with Gasteiger partial charge in [-0.15, -0.1) is 10.9 Å². The Balaban J connectivity index is 2.14. The topological polar surface area (TPSA) is 54.4 Å². The fourth-order valence-corrected chi connectivity index (χ4v) is 4.66. The summed E-state index contributed by atoms with van der Waals surface area (Å²) in [6, 6.07) is 25.4. The van der Waals surface area contributed by atoms with Crippen LogP contribution in [-0.2, 0) is 0 Å². The minimum atomic E-state index is -1.33. The highest BCUT2D eigenvalue weighted by Crippen LogP contribution is 2.47. The van der Waals surface area contributed by atoms with Crippen LogP contribution in [0.3, 0.4) is 0 Å². The van der Waals surface area contributed by atoms with Gasteiger partial charge in [-0.05, 0) is 46.2 Å². The van der Waals surface area contributed by atoms with E-state index in [0.717, 1.165) is 9.79 Å². The summed E-state index contributed by atoms with van der Waals surface area (Å²) in [5, 5.41) is 9.24. The van der Waals surface area contributed by atoms with E-state index < -0.39 is 16.9 Å². The van der Waals surface area contributed by atoms with E-state index in [9.17, 15) is 14.7 Å². The van der Waals surface area contributed by atoms with Gasteiger partial charge in [-0.1, -0.05) is 48.5 Å². The zero-order valence-corrected chi connectivity index (χ0v) is 13.7. The maximum atomic E-state index is 13.2. The monoisotopic (exact) mass is 336 g/mol. The van der Waals surface area contributed by atoms with Gasteiger partial charge in [-0.2, -0.15) is 0 Å². The van der Waals surface area contributed by atoms with E-state index in [-0.39, 0.29) is 16.2 Å². The number of thiol groups is 1. The van der Waals surface area contributed by atoms with Crippen LogP contribution < -0.4 is 0 Å². The highest BCUT2D eigenvalue weighted by atomic mass is 32.2. The van der Waals surface area contributed by atoms with Crippen LogP contribution in [0.1, 0.15) is 20.7 Å². The van der Waals surface area contributed by atoms with Crippen molar-refractivity contribution in [1.82, 2.24) is 0 Å². The van der Waals surface area contributed by atoms with E-state index in [1.807, 2.05) is 60.7 Å². The Morgan fingerprint density at radius 1 is 0.625 bits per heavy atom. The number of rotatable bonds is 4. The molecule has 0 aliphatic carbocycles. The maximum absolute atomic E-state index is 13.2. The molecular weight excluding hydrogens is 320 g/mol. The number of hydrogen-bond acceptors (Lipinski definition) is 2. The first-order valence-electron chi connectivity index (χ1n) is 7.45. The molecule has 0 amide bonds. The molecule has 0 heterocycles. The molecule has 0 radical (unpaired) electrons. The molecule has 0 unspecified atom stereocenters. The molecule has 0 aliphatic rings. The number of benzene rings is 3. The Kier molecular flexibility index (Phi) is 4.77. The van der Waals surface area contributed by atoms with E-state index in [1.165, 1.54) is 6.07 Å². The van der Waals surface area contributed by atoms with E-state index in [2.05, 4.69) is 0 Å². The normalized spacial score (nSPS) is 10.9. The third-order valence-corrected chi connectivity index (χ3v) is 5.90. The van der Waals surface area contributed by atoms with Crippen molar-refractivity contribution in [3.63, 3.8) is 0 Å². The summed E-state index contributed by atoms with van der Waals surface area (Å²) in [5.74, 6) is -1.09. The van der Waals surface area contributed by atoms with Gasteiger partial charge in [0.05, 0.1) is 5.56 Å². The van der Waals surface area contributed by atoms with Gasteiger partial charge < -0.3 is 5.11 Å². The van der Waals surface area contributed by atoms with Crippen molar-refractivity contribution in [1.29, 1.82) is 0 Å². The van der Waals surface area contributed by atoms with Crippen molar-refractivity contribution >= 4 is 22.0 Å². The van der Waals surface area contributed by atoms with Crippen molar-refractivity contribution in [2.75, 3.05) is 0 Å². The molecule has 4 heteroatoms. The molecule has 3 aromatic carbocycles. The molecule has 120 valence electrons.